The van der Waals surface area contributed by atoms with Gasteiger partial charge in [0.1, 0.15) is 17.9 Å². The summed E-state index contributed by atoms with van der Waals surface area (Å²) in [7, 11) is 0. The van der Waals surface area contributed by atoms with Crippen molar-refractivity contribution in [3.8, 4) is 0 Å². The Morgan fingerprint density at radius 2 is 2.18 bits per heavy atom. The second-order valence-corrected chi connectivity index (χ2v) is 4.07. The minimum Gasteiger partial charge on any atom is -0.394 e. The Morgan fingerprint density at radius 3 is 2.77 bits per heavy atom. The van der Waals surface area contributed by atoms with Crippen molar-refractivity contribution in [2.45, 2.75) is 6.04 Å². The highest BCUT2D eigenvalue weighted by atomic mass is 16.5. The van der Waals surface area contributed by atoms with Crippen molar-refractivity contribution < 1.29 is 19.2 Å². The van der Waals surface area contributed by atoms with Crippen LogP contribution >= 0.6 is 0 Å². The normalized spacial score (nSPS) is 11.7. The molecule has 2 amide bonds. The summed E-state index contributed by atoms with van der Waals surface area (Å²) in [6.07, 6.45) is 2.13. The molecule has 1 atom stereocenters. The SMILES string of the molecule is O=C(N[C@@H](CO)C(=O)Nc1ccon1)c1c[nH]c(=O)[nH]c1=O. The second kappa shape index (κ2) is 6.49. The van der Waals surface area contributed by atoms with Crippen LogP contribution in [0.15, 0.2) is 32.6 Å². The van der Waals surface area contributed by atoms with Crippen LogP contribution in [-0.2, 0) is 4.79 Å². The molecule has 116 valence electrons. The van der Waals surface area contributed by atoms with Crippen LogP contribution in [0.4, 0.5) is 5.82 Å². The molecule has 11 nitrogen and oxygen atoms in total. The maximum absolute atomic E-state index is 11.9. The molecule has 22 heavy (non-hydrogen) atoms. The Hall–Kier alpha value is -3.21. The zero-order valence-electron chi connectivity index (χ0n) is 11.0. The summed E-state index contributed by atoms with van der Waals surface area (Å²) < 4.78 is 4.51. The van der Waals surface area contributed by atoms with E-state index in [1.807, 2.05) is 4.98 Å². The highest BCUT2D eigenvalue weighted by Crippen LogP contribution is 2.02. The number of nitrogens with one attached hydrogen (secondary N) is 4. The predicted molar refractivity (Wildman–Crippen MR) is 71.2 cm³/mol. The molecule has 5 N–H and O–H groups in total. The summed E-state index contributed by atoms with van der Waals surface area (Å²) >= 11 is 0. The van der Waals surface area contributed by atoms with Gasteiger partial charge in [0.15, 0.2) is 5.82 Å². The molecule has 0 saturated heterocycles. The number of aromatic amines is 2. The minimum absolute atomic E-state index is 0.0968. The molecule has 0 bridgehead atoms. The van der Waals surface area contributed by atoms with E-state index in [0.29, 0.717) is 0 Å². The molecule has 2 heterocycles. The number of nitrogens with zero attached hydrogens (tertiary/aromatic N) is 1. The number of aliphatic hydroxyl groups excluding tert-OH is 1. The molecule has 2 rings (SSSR count). The average molecular weight is 309 g/mol. The summed E-state index contributed by atoms with van der Waals surface area (Å²) in [6, 6.07) is 0.0383. The van der Waals surface area contributed by atoms with E-state index in [0.717, 1.165) is 6.20 Å². The maximum atomic E-state index is 11.9. The van der Waals surface area contributed by atoms with Gasteiger partial charge in [-0.3, -0.25) is 19.4 Å². The molecule has 2 aromatic heterocycles. The van der Waals surface area contributed by atoms with Gasteiger partial charge in [-0.15, -0.1) is 0 Å². The summed E-state index contributed by atoms with van der Waals surface area (Å²) in [5, 5.41) is 17.1. The molecule has 11 heteroatoms. The zero-order chi connectivity index (χ0) is 16.1. The smallest absolute Gasteiger partial charge is 0.325 e. The van der Waals surface area contributed by atoms with Crippen LogP contribution < -0.4 is 21.9 Å². The lowest BCUT2D eigenvalue weighted by atomic mass is 10.2. The lowest BCUT2D eigenvalue weighted by Gasteiger charge is -2.14. The zero-order valence-corrected chi connectivity index (χ0v) is 11.0. The van der Waals surface area contributed by atoms with Gasteiger partial charge in [-0.05, 0) is 0 Å². The average Bonchev–Trinajstić information content (AvgIpc) is 2.97. The molecule has 0 unspecified atom stereocenters. The highest BCUT2D eigenvalue weighted by molar-refractivity contribution is 6.00. The number of rotatable bonds is 5. The van der Waals surface area contributed by atoms with Gasteiger partial charge < -0.3 is 25.2 Å². The first kappa shape index (κ1) is 15.2. The topological polar surface area (TPSA) is 170 Å². The third-order valence-corrected chi connectivity index (χ3v) is 2.56. The Bertz CT molecular complexity index is 777. The molecule has 0 aliphatic carbocycles. The van der Waals surface area contributed by atoms with Crippen molar-refractivity contribution in [2.24, 2.45) is 0 Å². The van der Waals surface area contributed by atoms with E-state index in [-0.39, 0.29) is 5.82 Å². The Morgan fingerprint density at radius 1 is 1.41 bits per heavy atom. The standard InChI is InChI=1S/C11H11N5O6/c17-4-6(10(20)14-7-1-2-22-16-7)13-8(18)5-3-12-11(21)15-9(5)19/h1-3,6,17H,4H2,(H,13,18)(H,14,16,20)(H2,12,15,19,21)/t6-/m0/s1. The van der Waals surface area contributed by atoms with Gasteiger partial charge in [-0.25, -0.2) is 4.79 Å². The molecule has 0 saturated carbocycles. The monoisotopic (exact) mass is 309 g/mol. The quantitative estimate of drug-likeness (QED) is 0.416. The third kappa shape index (κ3) is 3.46. The molecule has 0 aliphatic rings. The van der Waals surface area contributed by atoms with Gasteiger partial charge in [0.25, 0.3) is 17.4 Å². The summed E-state index contributed by atoms with van der Waals surface area (Å²) in [6.45, 7) is -0.712. The molecule has 2 aromatic rings. The first-order valence-electron chi connectivity index (χ1n) is 5.96. The number of hydrogen-bond donors (Lipinski definition) is 5. The van der Waals surface area contributed by atoms with E-state index >= 15 is 0 Å². The van der Waals surface area contributed by atoms with Crippen molar-refractivity contribution in [2.75, 3.05) is 11.9 Å². The Kier molecular flexibility index (Phi) is 4.48. The lowest BCUT2D eigenvalue weighted by molar-refractivity contribution is -0.118. The summed E-state index contributed by atoms with van der Waals surface area (Å²) in [4.78, 5) is 50.0. The predicted octanol–water partition coefficient (Wildman–Crippen LogP) is -2.22. The first-order chi connectivity index (χ1) is 10.5. The van der Waals surface area contributed by atoms with Crippen molar-refractivity contribution in [1.82, 2.24) is 20.4 Å². The number of H-pyrrole nitrogens is 2. The number of carbonyl (C=O) groups is 2. The van der Waals surface area contributed by atoms with Gasteiger partial charge in [0.05, 0.1) is 6.61 Å². The number of hydrogen-bond acceptors (Lipinski definition) is 7. The Balaban J connectivity index is 2.09. The van der Waals surface area contributed by atoms with Crippen LogP contribution in [0.25, 0.3) is 0 Å². The maximum Gasteiger partial charge on any atom is 0.325 e. The van der Waals surface area contributed by atoms with Crippen LogP contribution in [0.3, 0.4) is 0 Å². The van der Waals surface area contributed by atoms with Crippen LogP contribution in [0.1, 0.15) is 10.4 Å². The number of anilines is 1. The van der Waals surface area contributed by atoms with Crippen molar-refractivity contribution in [1.29, 1.82) is 0 Å². The van der Waals surface area contributed by atoms with Crippen LogP contribution in [0.5, 0.6) is 0 Å². The van der Waals surface area contributed by atoms with E-state index in [2.05, 4.69) is 25.3 Å². The molecule has 0 aliphatic heterocycles. The van der Waals surface area contributed by atoms with E-state index in [4.69, 9.17) is 0 Å². The fourth-order valence-corrected chi connectivity index (χ4v) is 1.50. The van der Waals surface area contributed by atoms with Gasteiger partial charge in [-0.1, -0.05) is 5.16 Å². The second-order valence-electron chi connectivity index (χ2n) is 4.07. The third-order valence-electron chi connectivity index (χ3n) is 2.56. The molecule has 0 fully saturated rings. The molecule has 0 spiro atoms. The fourth-order valence-electron chi connectivity index (χ4n) is 1.50. The first-order valence-corrected chi connectivity index (χ1v) is 5.96. The lowest BCUT2D eigenvalue weighted by Crippen LogP contribution is -2.47. The number of aliphatic hydroxyl groups is 1. The number of carbonyl (C=O) groups excluding carboxylic acids is 2. The van der Waals surface area contributed by atoms with Crippen molar-refractivity contribution in [3.63, 3.8) is 0 Å². The van der Waals surface area contributed by atoms with Gasteiger partial charge in [0, 0.05) is 12.3 Å². The molecule has 0 radical (unpaired) electrons. The van der Waals surface area contributed by atoms with Crippen LogP contribution in [0, 0.1) is 0 Å². The van der Waals surface area contributed by atoms with E-state index in [9.17, 15) is 24.3 Å². The van der Waals surface area contributed by atoms with E-state index < -0.39 is 41.3 Å². The van der Waals surface area contributed by atoms with Crippen molar-refractivity contribution >= 4 is 17.6 Å². The summed E-state index contributed by atoms with van der Waals surface area (Å²) in [5.41, 5.74) is -2.11. The molecule has 0 aromatic carbocycles. The minimum atomic E-state index is -1.32. The van der Waals surface area contributed by atoms with Gasteiger partial charge >= 0.3 is 5.69 Å². The van der Waals surface area contributed by atoms with Crippen molar-refractivity contribution in [3.05, 3.63) is 44.9 Å². The Labute approximate surface area is 121 Å². The fraction of sp³-hybridized carbons (Fsp3) is 0.182. The molecular formula is C11H11N5O6. The van der Waals surface area contributed by atoms with Gasteiger partial charge in [0.2, 0.25) is 0 Å². The van der Waals surface area contributed by atoms with Crippen LogP contribution in [-0.4, -0.2) is 44.7 Å². The largest absolute Gasteiger partial charge is 0.394 e. The number of aromatic nitrogens is 3. The van der Waals surface area contributed by atoms with E-state index in [1.165, 1.54) is 12.3 Å². The number of amides is 2. The van der Waals surface area contributed by atoms with Crippen LogP contribution in [0.2, 0.25) is 0 Å². The molecular weight excluding hydrogens is 298 g/mol. The summed E-state index contributed by atoms with van der Waals surface area (Å²) in [5.74, 6) is -1.60. The van der Waals surface area contributed by atoms with Gasteiger partial charge in [-0.2, -0.15) is 0 Å². The highest BCUT2D eigenvalue weighted by Gasteiger charge is 2.22. The van der Waals surface area contributed by atoms with E-state index in [1.54, 1.807) is 0 Å².